The number of benzene rings is 1. The van der Waals surface area contributed by atoms with E-state index in [2.05, 4.69) is 15.4 Å². The molecule has 1 aromatic carbocycles. The third kappa shape index (κ3) is 6.74. The van der Waals surface area contributed by atoms with Gasteiger partial charge in [-0.25, -0.2) is 9.59 Å². The lowest BCUT2D eigenvalue weighted by Crippen LogP contribution is -2.29. The predicted molar refractivity (Wildman–Crippen MR) is 82.5 cm³/mol. The lowest BCUT2D eigenvalue weighted by molar-refractivity contribution is -0.116. The Labute approximate surface area is 129 Å². The molecule has 22 heavy (non-hydrogen) atoms. The van der Waals surface area contributed by atoms with Crippen LogP contribution in [0.1, 0.15) is 36.0 Å². The van der Waals surface area contributed by atoms with Gasteiger partial charge in [-0.1, -0.05) is 6.42 Å². The topological polar surface area (TPSA) is 111 Å². The number of hydrogen-bond donors (Lipinski definition) is 3. The Morgan fingerprint density at radius 2 is 1.77 bits per heavy atom. The largest absolute Gasteiger partial charge is 0.465 e. The lowest BCUT2D eigenvalue weighted by atomic mass is 10.1. The normalized spacial score (nSPS) is 9.86. The molecule has 0 heterocycles. The average molecular weight is 307 g/mol. The predicted octanol–water partition coefficient (Wildman–Crippen LogP) is 1.64. The number of hydrogen-bond acceptors (Lipinski definition) is 4. The van der Waals surface area contributed by atoms with E-state index in [1.165, 1.54) is 7.11 Å². The second kappa shape index (κ2) is 9.38. The van der Waals surface area contributed by atoms with Crippen molar-refractivity contribution < 1.29 is 19.1 Å². The van der Waals surface area contributed by atoms with E-state index in [9.17, 15) is 14.4 Å². The quantitative estimate of drug-likeness (QED) is 0.501. The number of esters is 1. The molecule has 1 aromatic rings. The number of nitrogens with two attached hydrogens (primary N) is 1. The molecule has 7 heteroatoms. The molecule has 0 aliphatic carbocycles. The fourth-order valence-corrected chi connectivity index (χ4v) is 1.83. The van der Waals surface area contributed by atoms with Crippen molar-refractivity contribution in [3.8, 4) is 0 Å². The Bertz CT molecular complexity index is 514. The van der Waals surface area contributed by atoms with Crippen LogP contribution in [-0.2, 0) is 9.53 Å². The van der Waals surface area contributed by atoms with Gasteiger partial charge in [0.2, 0.25) is 5.91 Å². The fourth-order valence-electron chi connectivity index (χ4n) is 1.83. The van der Waals surface area contributed by atoms with Gasteiger partial charge < -0.3 is 21.1 Å². The third-order valence-electron chi connectivity index (χ3n) is 2.97. The number of unbranched alkanes of at least 4 members (excludes halogenated alkanes) is 2. The summed E-state index contributed by atoms with van der Waals surface area (Å²) >= 11 is 0. The Balaban J connectivity index is 2.24. The van der Waals surface area contributed by atoms with Crippen LogP contribution in [0, 0.1) is 0 Å². The van der Waals surface area contributed by atoms with E-state index < -0.39 is 12.0 Å². The van der Waals surface area contributed by atoms with Gasteiger partial charge in [0, 0.05) is 18.7 Å². The number of nitrogens with one attached hydrogen (secondary N) is 2. The highest BCUT2D eigenvalue weighted by Crippen LogP contribution is 2.11. The molecule has 0 fully saturated rings. The minimum Gasteiger partial charge on any atom is -0.465 e. The Kier molecular flexibility index (Phi) is 7.45. The highest BCUT2D eigenvalue weighted by molar-refractivity contribution is 5.92. The highest BCUT2D eigenvalue weighted by atomic mass is 16.5. The summed E-state index contributed by atoms with van der Waals surface area (Å²) in [5.41, 5.74) is 6.00. The van der Waals surface area contributed by atoms with E-state index in [1.54, 1.807) is 24.3 Å². The molecule has 0 atom stereocenters. The van der Waals surface area contributed by atoms with Crippen LogP contribution in [-0.4, -0.2) is 31.6 Å². The van der Waals surface area contributed by atoms with Crippen molar-refractivity contribution in [3.63, 3.8) is 0 Å². The zero-order chi connectivity index (χ0) is 16.4. The smallest absolute Gasteiger partial charge is 0.337 e. The molecule has 0 saturated heterocycles. The van der Waals surface area contributed by atoms with Gasteiger partial charge in [0.05, 0.1) is 12.7 Å². The molecule has 4 N–H and O–H groups in total. The van der Waals surface area contributed by atoms with Crippen LogP contribution in [0.25, 0.3) is 0 Å². The van der Waals surface area contributed by atoms with Gasteiger partial charge in [-0.2, -0.15) is 0 Å². The first-order valence-electron chi connectivity index (χ1n) is 7.04. The molecular weight excluding hydrogens is 286 g/mol. The van der Waals surface area contributed by atoms with E-state index >= 15 is 0 Å². The molecule has 0 bridgehead atoms. The molecule has 1 rings (SSSR count). The van der Waals surface area contributed by atoms with Crippen molar-refractivity contribution in [1.82, 2.24) is 5.32 Å². The molecule has 3 amide bonds. The van der Waals surface area contributed by atoms with Gasteiger partial charge in [0.25, 0.3) is 0 Å². The first-order valence-corrected chi connectivity index (χ1v) is 7.04. The van der Waals surface area contributed by atoms with Crippen LogP contribution >= 0.6 is 0 Å². The van der Waals surface area contributed by atoms with Gasteiger partial charge in [-0.15, -0.1) is 0 Å². The maximum Gasteiger partial charge on any atom is 0.337 e. The van der Waals surface area contributed by atoms with E-state index in [0.29, 0.717) is 24.2 Å². The molecule has 0 aliphatic rings. The summed E-state index contributed by atoms with van der Waals surface area (Å²) < 4.78 is 4.60. The average Bonchev–Trinajstić information content (AvgIpc) is 2.50. The number of carbonyl (C=O) groups excluding carboxylic acids is 3. The first kappa shape index (κ1) is 17.5. The lowest BCUT2D eigenvalue weighted by Gasteiger charge is -2.06. The van der Waals surface area contributed by atoms with Gasteiger partial charge in [-0.3, -0.25) is 4.79 Å². The molecule has 0 unspecified atom stereocenters. The molecule has 0 spiro atoms. The molecule has 120 valence electrons. The number of primary amides is 1. The van der Waals surface area contributed by atoms with Crippen molar-refractivity contribution >= 4 is 23.6 Å². The summed E-state index contributed by atoms with van der Waals surface area (Å²) in [5, 5.41) is 5.25. The summed E-state index contributed by atoms with van der Waals surface area (Å²) in [5.74, 6) is -0.504. The minimum absolute atomic E-state index is 0.0892. The standard InChI is InChI=1S/C15H21N3O4/c1-22-14(20)11-6-8-12(9-7-11)18-13(19)5-3-2-4-10-17-15(16)21/h6-9H,2-5,10H2,1H3,(H,18,19)(H3,16,17,21). The fraction of sp³-hybridized carbons (Fsp3) is 0.400. The van der Waals surface area contributed by atoms with Crippen LogP contribution in [0.15, 0.2) is 24.3 Å². The van der Waals surface area contributed by atoms with Crippen LogP contribution < -0.4 is 16.4 Å². The van der Waals surface area contributed by atoms with Gasteiger partial charge in [-0.05, 0) is 37.1 Å². The van der Waals surface area contributed by atoms with Crippen molar-refractivity contribution in [3.05, 3.63) is 29.8 Å². The highest BCUT2D eigenvalue weighted by Gasteiger charge is 2.06. The number of methoxy groups -OCH3 is 1. The van der Waals surface area contributed by atoms with Crippen LogP contribution in [0.2, 0.25) is 0 Å². The SMILES string of the molecule is COC(=O)c1ccc(NC(=O)CCCCCNC(N)=O)cc1. The van der Waals surface area contributed by atoms with Crippen molar-refractivity contribution in [1.29, 1.82) is 0 Å². The van der Waals surface area contributed by atoms with Gasteiger partial charge >= 0.3 is 12.0 Å². The maximum absolute atomic E-state index is 11.7. The number of carbonyl (C=O) groups is 3. The molecule has 0 aliphatic heterocycles. The zero-order valence-corrected chi connectivity index (χ0v) is 12.6. The van der Waals surface area contributed by atoms with Crippen molar-refractivity contribution in [2.45, 2.75) is 25.7 Å². The zero-order valence-electron chi connectivity index (χ0n) is 12.6. The Morgan fingerprint density at radius 1 is 1.09 bits per heavy atom. The van der Waals surface area contributed by atoms with Crippen LogP contribution in [0.3, 0.4) is 0 Å². The molecule has 0 aromatic heterocycles. The van der Waals surface area contributed by atoms with Crippen molar-refractivity contribution in [2.75, 3.05) is 19.0 Å². The van der Waals surface area contributed by atoms with Crippen LogP contribution in [0.4, 0.5) is 10.5 Å². The number of urea groups is 1. The number of amides is 3. The molecule has 7 nitrogen and oxygen atoms in total. The Hall–Kier alpha value is -2.57. The number of rotatable bonds is 8. The minimum atomic E-state index is -0.534. The van der Waals surface area contributed by atoms with Gasteiger partial charge in [0.1, 0.15) is 0 Å². The monoisotopic (exact) mass is 307 g/mol. The van der Waals surface area contributed by atoms with E-state index in [1.807, 2.05) is 0 Å². The third-order valence-corrected chi connectivity index (χ3v) is 2.97. The summed E-state index contributed by atoms with van der Waals surface area (Å²) in [4.78, 5) is 33.5. The number of anilines is 1. The Morgan fingerprint density at radius 3 is 2.36 bits per heavy atom. The van der Waals surface area contributed by atoms with E-state index in [0.717, 1.165) is 19.3 Å². The first-order chi connectivity index (χ1) is 10.5. The van der Waals surface area contributed by atoms with E-state index in [4.69, 9.17) is 5.73 Å². The summed E-state index contributed by atoms with van der Waals surface area (Å²) in [6.45, 7) is 0.520. The second-order valence-corrected chi connectivity index (χ2v) is 4.72. The van der Waals surface area contributed by atoms with Gasteiger partial charge in [0.15, 0.2) is 0 Å². The van der Waals surface area contributed by atoms with E-state index in [-0.39, 0.29) is 5.91 Å². The van der Waals surface area contributed by atoms with Crippen molar-refractivity contribution in [2.24, 2.45) is 5.73 Å². The van der Waals surface area contributed by atoms with Crippen LogP contribution in [0.5, 0.6) is 0 Å². The molecular formula is C15H21N3O4. The summed E-state index contributed by atoms with van der Waals surface area (Å²) in [6.07, 6.45) is 2.74. The summed E-state index contributed by atoms with van der Waals surface area (Å²) in [6, 6.07) is 5.96. The number of ether oxygens (including phenoxy) is 1. The molecule has 0 radical (unpaired) electrons. The molecule has 0 saturated carbocycles. The maximum atomic E-state index is 11.7. The second-order valence-electron chi connectivity index (χ2n) is 4.72. The summed E-state index contributed by atoms with van der Waals surface area (Å²) in [7, 11) is 1.32.